The molecule has 0 aromatic carbocycles. The largest absolute Gasteiger partial charge is 0.456 e. The minimum absolute atomic E-state index is 0.253. The normalized spacial score (nSPS) is 11.5. The van der Waals surface area contributed by atoms with E-state index >= 15 is 0 Å². The Kier molecular flexibility index (Phi) is 3.37. The van der Waals surface area contributed by atoms with Crippen LogP contribution < -0.4 is 0 Å². The van der Waals surface area contributed by atoms with Crippen LogP contribution in [0, 0.1) is 6.92 Å². The highest BCUT2D eigenvalue weighted by Gasteiger charge is 2.19. The van der Waals surface area contributed by atoms with Gasteiger partial charge in [0.15, 0.2) is 0 Å². The molecule has 0 aliphatic rings. The van der Waals surface area contributed by atoms with Crippen LogP contribution in [-0.2, 0) is 4.74 Å². The lowest BCUT2D eigenvalue weighted by molar-refractivity contribution is 0.00752. The van der Waals surface area contributed by atoms with Gasteiger partial charge in [0.05, 0.1) is 3.79 Å². The second-order valence-electron chi connectivity index (χ2n) is 4.07. The molecule has 1 aromatic heterocycles. The van der Waals surface area contributed by atoms with Gasteiger partial charge in [0.1, 0.15) is 10.5 Å². The number of halogens is 1. The quantitative estimate of drug-likeness (QED) is 0.730. The predicted octanol–water partition coefficient (Wildman–Crippen LogP) is 3.77. The van der Waals surface area contributed by atoms with Crippen LogP contribution in [0.3, 0.4) is 0 Å². The van der Waals surface area contributed by atoms with E-state index in [4.69, 9.17) is 4.74 Å². The predicted molar refractivity (Wildman–Crippen MR) is 61.9 cm³/mol. The van der Waals surface area contributed by atoms with Gasteiger partial charge in [0, 0.05) is 0 Å². The molecule has 0 fully saturated rings. The number of hydrogen-bond donors (Lipinski definition) is 0. The molecule has 0 saturated heterocycles. The third-order valence-corrected chi connectivity index (χ3v) is 3.57. The summed E-state index contributed by atoms with van der Waals surface area (Å²) in [6.45, 7) is 7.54. The van der Waals surface area contributed by atoms with Gasteiger partial charge in [-0.1, -0.05) is 0 Å². The molecule has 0 aliphatic carbocycles. The molecule has 0 atom stereocenters. The summed E-state index contributed by atoms with van der Waals surface area (Å²) in [6, 6.07) is 1.84. The van der Waals surface area contributed by atoms with Gasteiger partial charge in [-0.25, -0.2) is 4.79 Å². The van der Waals surface area contributed by atoms with Gasteiger partial charge < -0.3 is 4.74 Å². The molecule has 0 radical (unpaired) electrons. The molecule has 0 N–H and O–H groups in total. The third-order valence-electron chi connectivity index (χ3n) is 1.46. The molecule has 0 bridgehead atoms. The van der Waals surface area contributed by atoms with Crippen molar-refractivity contribution in [2.45, 2.75) is 33.3 Å². The molecule has 0 spiro atoms. The standard InChI is InChI=1S/C10H13BrO2S/c1-6-5-7(14-8(6)11)9(12)13-10(2,3)4/h5H,1-4H3. The van der Waals surface area contributed by atoms with Crippen molar-refractivity contribution < 1.29 is 9.53 Å². The summed E-state index contributed by atoms with van der Waals surface area (Å²) in [5, 5.41) is 0. The summed E-state index contributed by atoms with van der Waals surface area (Å²) in [5.41, 5.74) is 0.636. The average molecular weight is 277 g/mol. The molecule has 0 amide bonds. The van der Waals surface area contributed by atoms with Gasteiger partial charge in [-0.05, 0) is 55.3 Å². The number of ether oxygens (including phenoxy) is 1. The second-order valence-corrected chi connectivity index (χ2v) is 6.44. The zero-order valence-electron chi connectivity index (χ0n) is 8.68. The lowest BCUT2D eigenvalue weighted by Crippen LogP contribution is -2.23. The number of esters is 1. The maximum atomic E-state index is 11.6. The van der Waals surface area contributed by atoms with Crippen molar-refractivity contribution in [2.24, 2.45) is 0 Å². The topological polar surface area (TPSA) is 26.3 Å². The van der Waals surface area contributed by atoms with E-state index < -0.39 is 5.60 Å². The van der Waals surface area contributed by atoms with Crippen LogP contribution in [0.1, 0.15) is 36.0 Å². The Balaban J connectivity index is 2.80. The Morgan fingerprint density at radius 3 is 2.43 bits per heavy atom. The van der Waals surface area contributed by atoms with Gasteiger partial charge in [-0.2, -0.15) is 0 Å². The number of carbonyl (C=O) groups is 1. The first-order valence-electron chi connectivity index (χ1n) is 4.29. The van der Waals surface area contributed by atoms with Crippen LogP contribution in [0.4, 0.5) is 0 Å². The maximum Gasteiger partial charge on any atom is 0.348 e. The number of hydrogen-bond acceptors (Lipinski definition) is 3. The molecule has 14 heavy (non-hydrogen) atoms. The molecule has 1 heterocycles. The lowest BCUT2D eigenvalue weighted by atomic mass is 10.2. The van der Waals surface area contributed by atoms with Crippen LogP contribution in [0.25, 0.3) is 0 Å². The van der Waals surface area contributed by atoms with E-state index in [2.05, 4.69) is 15.9 Å². The van der Waals surface area contributed by atoms with Crippen LogP contribution in [0.15, 0.2) is 9.85 Å². The van der Waals surface area contributed by atoms with Crippen LogP contribution in [0.2, 0.25) is 0 Å². The molecular formula is C10H13BrO2S. The fraction of sp³-hybridized carbons (Fsp3) is 0.500. The molecule has 0 saturated carbocycles. The molecule has 1 aromatic rings. The zero-order chi connectivity index (χ0) is 10.9. The number of rotatable bonds is 1. The summed E-state index contributed by atoms with van der Waals surface area (Å²) in [4.78, 5) is 12.2. The van der Waals surface area contributed by atoms with Gasteiger partial charge in [-0.3, -0.25) is 0 Å². The second kappa shape index (κ2) is 4.03. The van der Waals surface area contributed by atoms with Crippen molar-refractivity contribution in [1.29, 1.82) is 0 Å². The molecule has 4 heteroatoms. The Hall–Kier alpha value is -0.350. The number of aryl methyl sites for hydroxylation is 1. The Bertz CT molecular complexity index is 330. The molecule has 1 rings (SSSR count). The Morgan fingerprint density at radius 2 is 2.07 bits per heavy atom. The van der Waals surface area contributed by atoms with Crippen LogP contribution >= 0.6 is 27.3 Å². The molecule has 0 unspecified atom stereocenters. The molecule has 78 valence electrons. The fourth-order valence-electron chi connectivity index (χ4n) is 0.889. The number of thiophene rings is 1. The summed E-state index contributed by atoms with van der Waals surface area (Å²) in [5.74, 6) is -0.253. The third kappa shape index (κ3) is 3.10. The van der Waals surface area contributed by atoms with Gasteiger partial charge >= 0.3 is 5.97 Å². The first-order valence-corrected chi connectivity index (χ1v) is 5.90. The lowest BCUT2D eigenvalue weighted by Gasteiger charge is -2.18. The van der Waals surface area contributed by atoms with E-state index in [9.17, 15) is 4.79 Å². The van der Waals surface area contributed by atoms with E-state index in [-0.39, 0.29) is 5.97 Å². The van der Waals surface area contributed by atoms with E-state index in [1.54, 1.807) is 0 Å². The zero-order valence-corrected chi connectivity index (χ0v) is 11.1. The van der Waals surface area contributed by atoms with Crippen molar-refractivity contribution in [1.82, 2.24) is 0 Å². The summed E-state index contributed by atoms with van der Waals surface area (Å²) in [6.07, 6.45) is 0. The Morgan fingerprint density at radius 1 is 1.50 bits per heavy atom. The maximum absolute atomic E-state index is 11.6. The van der Waals surface area contributed by atoms with E-state index in [0.717, 1.165) is 9.35 Å². The monoisotopic (exact) mass is 276 g/mol. The van der Waals surface area contributed by atoms with Crippen LogP contribution in [0.5, 0.6) is 0 Å². The van der Waals surface area contributed by atoms with Crippen molar-refractivity contribution in [3.63, 3.8) is 0 Å². The van der Waals surface area contributed by atoms with Crippen molar-refractivity contribution in [2.75, 3.05) is 0 Å². The molecule has 2 nitrogen and oxygen atoms in total. The van der Waals surface area contributed by atoms with Gasteiger partial charge in [-0.15, -0.1) is 11.3 Å². The van der Waals surface area contributed by atoms with Gasteiger partial charge in [0.2, 0.25) is 0 Å². The van der Waals surface area contributed by atoms with Gasteiger partial charge in [0.25, 0.3) is 0 Å². The van der Waals surface area contributed by atoms with Crippen molar-refractivity contribution >= 4 is 33.2 Å². The number of carbonyl (C=O) groups excluding carboxylic acids is 1. The minimum atomic E-state index is -0.429. The first kappa shape index (κ1) is 11.7. The van der Waals surface area contributed by atoms with Crippen molar-refractivity contribution in [3.05, 3.63) is 20.3 Å². The van der Waals surface area contributed by atoms with E-state index in [1.165, 1.54) is 11.3 Å². The fourth-order valence-corrected chi connectivity index (χ4v) is 2.30. The summed E-state index contributed by atoms with van der Waals surface area (Å²) >= 11 is 4.78. The molecule has 0 aliphatic heterocycles. The summed E-state index contributed by atoms with van der Waals surface area (Å²) in [7, 11) is 0. The summed E-state index contributed by atoms with van der Waals surface area (Å²) < 4.78 is 6.23. The smallest absolute Gasteiger partial charge is 0.348 e. The Labute approximate surface area is 96.4 Å². The highest BCUT2D eigenvalue weighted by Crippen LogP contribution is 2.28. The first-order chi connectivity index (χ1) is 6.29. The minimum Gasteiger partial charge on any atom is -0.456 e. The average Bonchev–Trinajstić information content (AvgIpc) is 2.28. The van der Waals surface area contributed by atoms with Crippen molar-refractivity contribution in [3.8, 4) is 0 Å². The van der Waals surface area contributed by atoms with E-state index in [0.29, 0.717) is 4.88 Å². The SMILES string of the molecule is Cc1cc(C(=O)OC(C)(C)C)sc1Br. The molecular weight excluding hydrogens is 264 g/mol. The highest BCUT2D eigenvalue weighted by atomic mass is 79.9. The highest BCUT2D eigenvalue weighted by molar-refractivity contribution is 9.11. The van der Waals surface area contributed by atoms with Crippen LogP contribution in [-0.4, -0.2) is 11.6 Å². The van der Waals surface area contributed by atoms with E-state index in [1.807, 2.05) is 33.8 Å².